The highest BCUT2D eigenvalue weighted by Crippen LogP contribution is 2.36. The Kier molecular flexibility index (Phi) is 4.29. The van der Waals surface area contributed by atoms with Gasteiger partial charge in [-0.2, -0.15) is 0 Å². The minimum Gasteiger partial charge on any atom is -0.481 e. The van der Waals surface area contributed by atoms with Crippen LogP contribution in [0.1, 0.15) is 12.0 Å². The van der Waals surface area contributed by atoms with Gasteiger partial charge in [-0.05, 0) is 18.1 Å². The van der Waals surface area contributed by atoms with Crippen molar-refractivity contribution in [2.24, 2.45) is 0 Å². The predicted octanol–water partition coefficient (Wildman–Crippen LogP) is 0.748. The Hall–Kier alpha value is -2.02. The van der Waals surface area contributed by atoms with Crippen LogP contribution in [0, 0.1) is 0 Å². The van der Waals surface area contributed by atoms with Crippen LogP contribution in [-0.2, 0) is 20.8 Å². The minimum atomic E-state index is -1.40. The molecule has 106 valence electrons. The molecule has 0 aliphatic carbocycles. The molecule has 2 rings (SSSR count). The molecule has 1 aliphatic heterocycles. The Morgan fingerprint density at radius 2 is 2.00 bits per heavy atom. The van der Waals surface area contributed by atoms with E-state index in [0.29, 0.717) is 6.42 Å². The first-order chi connectivity index (χ1) is 9.47. The summed E-state index contributed by atoms with van der Waals surface area (Å²) in [4.78, 5) is 34.5. The molecule has 3 N–H and O–H groups in total. The SMILES string of the molecule is O=C(O)CC(NC(=O)C1Cc2ccccc2S1)C(=O)O. The third kappa shape index (κ3) is 3.30. The van der Waals surface area contributed by atoms with Crippen LogP contribution in [0.2, 0.25) is 0 Å². The van der Waals surface area contributed by atoms with Crippen LogP contribution in [-0.4, -0.2) is 39.4 Å². The van der Waals surface area contributed by atoms with E-state index in [9.17, 15) is 14.4 Å². The highest BCUT2D eigenvalue weighted by Gasteiger charge is 2.31. The maximum Gasteiger partial charge on any atom is 0.326 e. The first-order valence-electron chi connectivity index (χ1n) is 5.97. The van der Waals surface area contributed by atoms with Gasteiger partial charge in [-0.3, -0.25) is 9.59 Å². The number of aliphatic carboxylic acids is 2. The molecular weight excluding hydrogens is 282 g/mol. The summed E-state index contributed by atoms with van der Waals surface area (Å²) in [5.41, 5.74) is 1.04. The topological polar surface area (TPSA) is 104 Å². The molecule has 7 heteroatoms. The van der Waals surface area contributed by atoms with E-state index in [1.807, 2.05) is 24.3 Å². The monoisotopic (exact) mass is 295 g/mol. The Bertz CT molecular complexity index is 534. The molecule has 2 unspecified atom stereocenters. The van der Waals surface area contributed by atoms with Crippen molar-refractivity contribution in [1.82, 2.24) is 5.32 Å². The molecule has 0 saturated carbocycles. The van der Waals surface area contributed by atoms with E-state index in [0.717, 1.165) is 10.5 Å². The normalized spacial score (nSPS) is 18.1. The van der Waals surface area contributed by atoms with Crippen molar-refractivity contribution in [2.75, 3.05) is 0 Å². The van der Waals surface area contributed by atoms with Crippen LogP contribution in [0.5, 0.6) is 0 Å². The van der Waals surface area contributed by atoms with Crippen LogP contribution < -0.4 is 5.32 Å². The fourth-order valence-corrected chi connectivity index (χ4v) is 3.17. The molecule has 0 radical (unpaired) electrons. The van der Waals surface area contributed by atoms with E-state index >= 15 is 0 Å². The average molecular weight is 295 g/mol. The number of fused-ring (bicyclic) bond motifs is 1. The van der Waals surface area contributed by atoms with E-state index < -0.39 is 35.6 Å². The van der Waals surface area contributed by atoms with Crippen molar-refractivity contribution >= 4 is 29.6 Å². The predicted molar refractivity (Wildman–Crippen MR) is 71.6 cm³/mol. The van der Waals surface area contributed by atoms with Gasteiger partial charge in [0, 0.05) is 4.90 Å². The lowest BCUT2D eigenvalue weighted by Gasteiger charge is -2.15. The fourth-order valence-electron chi connectivity index (χ4n) is 1.97. The third-order valence-electron chi connectivity index (χ3n) is 2.93. The fraction of sp³-hybridized carbons (Fsp3) is 0.308. The average Bonchev–Trinajstić information content (AvgIpc) is 2.81. The quantitative estimate of drug-likeness (QED) is 0.740. The third-order valence-corrected chi connectivity index (χ3v) is 4.25. The first-order valence-corrected chi connectivity index (χ1v) is 6.85. The van der Waals surface area contributed by atoms with Crippen molar-refractivity contribution in [2.45, 2.75) is 29.0 Å². The molecule has 0 spiro atoms. The molecule has 1 aromatic carbocycles. The Morgan fingerprint density at radius 1 is 1.30 bits per heavy atom. The maximum atomic E-state index is 12.0. The highest BCUT2D eigenvalue weighted by molar-refractivity contribution is 8.01. The van der Waals surface area contributed by atoms with Gasteiger partial charge in [-0.25, -0.2) is 4.79 Å². The van der Waals surface area contributed by atoms with Gasteiger partial charge in [0.25, 0.3) is 0 Å². The van der Waals surface area contributed by atoms with Gasteiger partial charge in [-0.15, -0.1) is 11.8 Å². The number of carboxylic acids is 2. The van der Waals surface area contributed by atoms with Crippen molar-refractivity contribution < 1.29 is 24.6 Å². The van der Waals surface area contributed by atoms with E-state index in [-0.39, 0.29) is 0 Å². The summed E-state index contributed by atoms with van der Waals surface area (Å²) in [6.45, 7) is 0. The summed E-state index contributed by atoms with van der Waals surface area (Å²) in [5, 5.41) is 19.4. The van der Waals surface area contributed by atoms with Crippen LogP contribution in [0.25, 0.3) is 0 Å². The molecule has 1 amide bonds. The summed E-state index contributed by atoms with van der Waals surface area (Å²) < 4.78 is 0. The number of carbonyl (C=O) groups excluding carboxylic acids is 1. The highest BCUT2D eigenvalue weighted by atomic mass is 32.2. The number of rotatable bonds is 5. The summed E-state index contributed by atoms with van der Waals surface area (Å²) >= 11 is 1.36. The molecule has 6 nitrogen and oxygen atoms in total. The summed E-state index contributed by atoms with van der Waals surface area (Å²) in [7, 11) is 0. The zero-order chi connectivity index (χ0) is 14.7. The largest absolute Gasteiger partial charge is 0.481 e. The number of thioether (sulfide) groups is 1. The second kappa shape index (κ2) is 5.96. The maximum absolute atomic E-state index is 12.0. The molecule has 0 aromatic heterocycles. The van der Waals surface area contributed by atoms with Gasteiger partial charge in [0.05, 0.1) is 11.7 Å². The van der Waals surface area contributed by atoms with Gasteiger partial charge < -0.3 is 15.5 Å². The lowest BCUT2D eigenvalue weighted by molar-refractivity contribution is -0.147. The van der Waals surface area contributed by atoms with Crippen LogP contribution in [0.15, 0.2) is 29.2 Å². The zero-order valence-corrected chi connectivity index (χ0v) is 11.2. The molecule has 0 fully saturated rings. The molecule has 0 bridgehead atoms. The number of nitrogens with one attached hydrogen (secondary N) is 1. The molecule has 0 saturated heterocycles. The first kappa shape index (κ1) is 14.4. The Labute approximate surface area is 119 Å². The van der Waals surface area contributed by atoms with E-state index in [2.05, 4.69) is 5.32 Å². The smallest absolute Gasteiger partial charge is 0.326 e. The molecule has 1 aromatic rings. The Balaban J connectivity index is 1.99. The molecular formula is C13H13NO5S. The number of benzene rings is 1. The Morgan fingerprint density at radius 3 is 2.60 bits per heavy atom. The standard InChI is InChI=1S/C13H13NO5S/c15-11(16)6-8(13(18)19)14-12(17)10-5-7-3-1-2-4-9(7)20-10/h1-4,8,10H,5-6H2,(H,14,17)(H,15,16)(H,18,19). The summed E-state index contributed by atoms with van der Waals surface area (Å²) in [6.07, 6.45) is -0.114. The van der Waals surface area contributed by atoms with Crippen molar-refractivity contribution in [3.8, 4) is 0 Å². The van der Waals surface area contributed by atoms with Crippen LogP contribution in [0.3, 0.4) is 0 Å². The lowest BCUT2D eigenvalue weighted by Crippen LogP contribution is -2.45. The summed E-state index contributed by atoms with van der Waals surface area (Å²) in [5.74, 6) is -3.05. The van der Waals surface area contributed by atoms with Gasteiger partial charge in [0.1, 0.15) is 6.04 Å². The second-order valence-electron chi connectivity index (χ2n) is 4.42. The molecule has 2 atom stereocenters. The number of carboxylic acid groups (broad SMARTS) is 2. The lowest BCUT2D eigenvalue weighted by atomic mass is 10.1. The number of amides is 1. The molecule has 20 heavy (non-hydrogen) atoms. The molecule has 1 aliphatic rings. The minimum absolute atomic E-state index is 0.414. The van der Waals surface area contributed by atoms with E-state index in [1.54, 1.807) is 0 Å². The van der Waals surface area contributed by atoms with Crippen molar-refractivity contribution in [3.05, 3.63) is 29.8 Å². The van der Waals surface area contributed by atoms with Crippen molar-refractivity contribution in [1.29, 1.82) is 0 Å². The van der Waals surface area contributed by atoms with Crippen LogP contribution in [0.4, 0.5) is 0 Å². The van der Waals surface area contributed by atoms with E-state index in [4.69, 9.17) is 10.2 Å². The second-order valence-corrected chi connectivity index (χ2v) is 5.66. The number of carbonyl (C=O) groups is 3. The van der Waals surface area contributed by atoms with Crippen LogP contribution >= 0.6 is 11.8 Å². The molecule has 1 heterocycles. The zero-order valence-electron chi connectivity index (χ0n) is 10.4. The summed E-state index contributed by atoms with van der Waals surface area (Å²) in [6, 6.07) is 6.17. The van der Waals surface area contributed by atoms with Gasteiger partial charge in [-0.1, -0.05) is 18.2 Å². The number of hydrogen-bond donors (Lipinski definition) is 3. The number of hydrogen-bond acceptors (Lipinski definition) is 4. The van der Waals surface area contributed by atoms with Gasteiger partial charge >= 0.3 is 11.9 Å². The van der Waals surface area contributed by atoms with E-state index in [1.165, 1.54) is 11.8 Å². The van der Waals surface area contributed by atoms with Gasteiger partial charge in [0.15, 0.2) is 0 Å². The van der Waals surface area contributed by atoms with Crippen molar-refractivity contribution in [3.63, 3.8) is 0 Å². The van der Waals surface area contributed by atoms with Gasteiger partial charge in [0.2, 0.25) is 5.91 Å².